The van der Waals surface area contributed by atoms with Gasteiger partial charge in [-0.25, -0.2) is 0 Å². The summed E-state index contributed by atoms with van der Waals surface area (Å²) in [6.07, 6.45) is 0. The van der Waals surface area contributed by atoms with E-state index in [4.69, 9.17) is 0 Å². The van der Waals surface area contributed by atoms with Crippen molar-refractivity contribution in [2.24, 2.45) is 0 Å². The molecule has 0 radical (unpaired) electrons. The zero-order chi connectivity index (χ0) is 14.4. The van der Waals surface area contributed by atoms with Crippen LogP contribution in [-0.4, -0.2) is 6.54 Å². The summed E-state index contributed by atoms with van der Waals surface area (Å²) in [5.74, 6) is 0.592. The molecule has 0 bridgehead atoms. The first-order valence-corrected chi connectivity index (χ1v) is 7.19. The first kappa shape index (κ1) is 14.5. The number of hydrogen-bond acceptors (Lipinski definition) is 1. The zero-order valence-electron chi connectivity index (χ0n) is 12.4. The van der Waals surface area contributed by atoms with Gasteiger partial charge in [0.2, 0.25) is 0 Å². The van der Waals surface area contributed by atoms with Crippen molar-refractivity contribution in [3.8, 4) is 0 Å². The monoisotopic (exact) mass is 265 g/mol. The van der Waals surface area contributed by atoms with Crippen molar-refractivity contribution in [3.05, 3.63) is 77.9 Å². The maximum Gasteiger partial charge on any atom is 0.0208 e. The first-order chi connectivity index (χ1) is 9.66. The van der Waals surface area contributed by atoms with Gasteiger partial charge in [-0.3, -0.25) is 0 Å². The number of benzene rings is 2. The van der Waals surface area contributed by atoms with Gasteiger partial charge in [-0.2, -0.15) is 0 Å². The number of rotatable bonds is 6. The lowest BCUT2D eigenvalue weighted by Gasteiger charge is -2.10. The Balaban J connectivity index is 1.82. The fraction of sp³-hybridized carbons (Fsp3) is 0.263. The molecule has 0 aromatic heterocycles. The minimum absolute atomic E-state index is 0.592. The molecule has 104 valence electrons. The van der Waals surface area contributed by atoms with Crippen LogP contribution in [0, 0.1) is 0 Å². The fourth-order valence-electron chi connectivity index (χ4n) is 2.15. The van der Waals surface area contributed by atoms with Gasteiger partial charge in [0, 0.05) is 13.1 Å². The molecule has 0 aliphatic rings. The van der Waals surface area contributed by atoms with Crippen LogP contribution < -0.4 is 5.32 Å². The van der Waals surface area contributed by atoms with E-state index in [0.29, 0.717) is 5.92 Å². The Kier molecular flexibility index (Phi) is 5.14. The van der Waals surface area contributed by atoms with Crippen molar-refractivity contribution in [1.82, 2.24) is 5.32 Å². The predicted octanol–water partition coefficient (Wildman–Crippen LogP) is 4.61. The molecular formula is C19H23N. The van der Waals surface area contributed by atoms with E-state index in [0.717, 1.165) is 18.7 Å². The summed E-state index contributed by atoms with van der Waals surface area (Å²) in [5, 5.41) is 3.45. The Labute approximate surface area is 122 Å². The van der Waals surface area contributed by atoms with Gasteiger partial charge >= 0.3 is 0 Å². The highest BCUT2D eigenvalue weighted by molar-refractivity contribution is 5.64. The summed E-state index contributed by atoms with van der Waals surface area (Å²) in [7, 11) is 0. The molecule has 2 aromatic carbocycles. The lowest BCUT2D eigenvalue weighted by atomic mass is 10.0. The highest BCUT2D eigenvalue weighted by atomic mass is 14.8. The van der Waals surface area contributed by atoms with E-state index in [-0.39, 0.29) is 0 Å². The summed E-state index contributed by atoms with van der Waals surface area (Å²) >= 11 is 0. The van der Waals surface area contributed by atoms with E-state index in [9.17, 15) is 0 Å². The van der Waals surface area contributed by atoms with Crippen molar-refractivity contribution in [1.29, 1.82) is 0 Å². The van der Waals surface area contributed by atoms with Gasteiger partial charge in [-0.15, -0.1) is 0 Å². The third-order valence-electron chi connectivity index (χ3n) is 3.50. The second-order valence-corrected chi connectivity index (χ2v) is 5.47. The van der Waals surface area contributed by atoms with Crippen molar-refractivity contribution in [2.75, 3.05) is 6.54 Å². The van der Waals surface area contributed by atoms with Crippen molar-refractivity contribution >= 4 is 5.57 Å². The van der Waals surface area contributed by atoms with Gasteiger partial charge in [0.25, 0.3) is 0 Å². The third-order valence-corrected chi connectivity index (χ3v) is 3.50. The Morgan fingerprint density at radius 1 is 1.00 bits per heavy atom. The maximum absolute atomic E-state index is 4.13. The zero-order valence-corrected chi connectivity index (χ0v) is 12.4. The Morgan fingerprint density at radius 3 is 2.25 bits per heavy atom. The van der Waals surface area contributed by atoms with Crippen LogP contribution in [0.1, 0.15) is 36.5 Å². The topological polar surface area (TPSA) is 12.0 Å². The summed E-state index contributed by atoms with van der Waals surface area (Å²) in [6.45, 7) is 10.3. The van der Waals surface area contributed by atoms with E-state index in [1.807, 2.05) is 18.2 Å². The molecule has 20 heavy (non-hydrogen) atoms. The maximum atomic E-state index is 4.13. The average Bonchev–Trinajstić information content (AvgIpc) is 2.48. The summed E-state index contributed by atoms with van der Waals surface area (Å²) in [4.78, 5) is 0. The molecule has 0 fully saturated rings. The van der Waals surface area contributed by atoms with Gasteiger partial charge in [0.05, 0.1) is 0 Å². The highest BCUT2D eigenvalue weighted by Crippen LogP contribution is 2.15. The normalized spacial score (nSPS) is 10.8. The minimum Gasteiger partial charge on any atom is -0.309 e. The molecule has 0 aliphatic heterocycles. The largest absolute Gasteiger partial charge is 0.309 e. The quantitative estimate of drug-likeness (QED) is 0.804. The smallest absolute Gasteiger partial charge is 0.0208 e. The van der Waals surface area contributed by atoms with E-state index in [1.54, 1.807) is 0 Å². The van der Waals surface area contributed by atoms with Crippen LogP contribution >= 0.6 is 0 Å². The summed E-state index contributed by atoms with van der Waals surface area (Å²) < 4.78 is 0. The molecule has 0 atom stereocenters. The Hall–Kier alpha value is -1.86. The number of nitrogens with one attached hydrogen (secondary N) is 1. The molecule has 2 rings (SSSR count). The SMILES string of the molecule is C=C(CNCc1ccc(C(C)C)cc1)c1ccccc1. The van der Waals surface area contributed by atoms with Crippen molar-refractivity contribution < 1.29 is 0 Å². The second-order valence-electron chi connectivity index (χ2n) is 5.47. The lowest BCUT2D eigenvalue weighted by Crippen LogP contribution is -2.15. The molecule has 1 nitrogen and oxygen atoms in total. The van der Waals surface area contributed by atoms with Crippen molar-refractivity contribution in [3.63, 3.8) is 0 Å². The molecule has 0 amide bonds. The predicted molar refractivity (Wildman–Crippen MR) is 87.7 cm³/mol. The van der Waals surface area contributed by atoms with Crippen molar-refractivity contribution in [2.45, 2.75) is 26.3 Å². The van der Waals surface area contributed by atoms with Crippen LogP contribution in [0.5, 0.6) is 0 Å². The van der Waals surface area contributed by atoms with Crippen LogP contribution in [-0.2, 0) is 6.54 Å². The molecule has 0 heterocycles. The molecule has 0 saturated carbocycles. The fourth-order valence-corrected chi connectivity index (χ4v) is 2.15. The second kappa shape index (κ2) is 7.06. The summed E-state index contributed by atoms with van der Waals surface area (Å²) in [5.41, 5.74) is 5.04. The highest BCUT2D eigenvalue weighted by Gasteiger charge is 2.00. The molecule has 0 unspecified atom stereocenters. The minimum atomic E-state index is 0.592. The summed E-state index contributed by atoms with van der Waals surface area (Å²) in [6, 6.07) is 19.2. The Morgan fingerprint density at radius 2 is 1.65 bits per heavy atom. The molecule has 1 N–H and O–H groups in total. The van der Waals surface area contributed by atoms with Crippen LogP contribution in [0.25, 0.3) is 5.57 Å². The molecule has 1 heteroatoms. The van der Waals surface area contributed by atoms with E-state index in [2.05, 4.69) is 62.1 Å². The van der Waals surface area contributed by atoms with Crippen LogP contribution in [0.15, 0.2) is 61.2 Å². The molecule has 0 aliphatic carbocycles. The van der Waals surface area contributed by atoms with Gasteiger partial charge < -0.3 is 5.32 Å². The Bertz CT molecular complexity index is 538. The third kappa shape index (κ3) is 4.07. The van der Waals surface area contributed by atoms with Crippen LogP contribution in [0.3, 0.4) is 0 Å². The molecule has 0 saturated heterocycles. The molecular weight excluding hydrogens is 242 g/mol. The van der Waals surface area contributed by atoms with E-state index >= 15 is 0 Å². The van der Waals surface area contributed by atoms with Gasteiger partial charge in [0.15, 0.2) is 0 Å². The van der Waals surface area contributed by atoms with Gasteiger partial charge in [-0.05, 0) is 28.2 Å². The average molecular weight is 265 g/mol. The van der Waals surface area contributed by atoms with E-state index < -0.39 is 0 Å². The molecule has 2 aromatic rings. The van der Waals surface area contributed by atoms with Crippen LogP contribution in [0.2, 0.25) is 0 Å². The van der Waals surface area contributed by atoms with Gasteiger partial charge in [-0.1, -0.05) is 75.0 Å². The first-order valence-electron chi connectivity index (χ1n) is 7.19. The standard InChI is InChI=1S/C19H23N/c1-15(2)18-11-9-17(10-12-18)14-20-13-16(3)19-7-5-4-6-8-19/h4-12,15,20H,3,13-14H2,1-2H3. The number of hydrogen-bond donors (Lipinski definition) is 1. The van der Waals surface area contributed by atoms with E-state index in [1.165, 1.54) is 16.7 Å². The lowest BCUT2D eigenvalue weighted by molar-refractivity contribution is 0.766. The van der Waals surface area contributed by atoms with Crippen LogP contribution in [0.4, 0.5) is 0 Å². The van der Waals surface area contributed by atoms with Gasteiger partial charge in [0.1, 0.15) is 0 Å². The molecule has 0 spiro atoms.